The SMILES string of the molecule is Cc1cncc(C2=CCN2CC2=CCC(CN3CC(C(F)F)C3)C=C2)c1. The first-order valence-electron chi connectivity index (χ1n) is 9.33. The van der Waals surface area contributed by atoms with Crippen molar-refractivity contribution in [1.82, 2.24) is 14.8 Å². The van der Waals surface area contributed by atoms with E-state index in [2.05, 4.69) is 52.1 Å². The fourth-order valence-electron chi connectivity index (χ4n) is 3.89. The number of rotatable bonds is 6. The molecule has 1 saturated heterocycles. The van der Waals surface area contributed by atoms with Crippen molar-refractivity contribution in [1.29, 1.82) is 0 Å². The quantitative estimate of drug-likeness (QED) is 0.773. The van der Waals surface area contributed by atoms with Crippen molar-refractivity contribution in [3.63, 3.8) is 0 Å². The molecule has 1 atom stereocenters. The van der Waals surface area contributed by atoms with Gasteiger partial charge in [-0.05, 0) is 42.5 Å². The van der Waals surface area contributed by atoms with Crippen molar-refractivity contribution >= 4 is 5.70 Å². The summed E-state index contributed by atoms with van der Waals surface area (Å²) >= 11 is 0. The Kier molecular flexibility index (Phi) is 4.90. The molecule has 1 fully saturated rings. The van der Waals surface area contributed by atoms with Crippen LogP contribution in [0.4, 0.5) is 8.78 Å². The van der Waals surface area contributed by atoms with E-state index in [1.165, 1.54) is 22.4 Å². The van der Waals surface area contributed by atoms with Gasteiger partial charge in [-0.15, -0.1) is 0 Å². The van der Waals surface area contributed by atoms with E-state index < -0.39 is 12.3 Å². The molecule has 3 nitrogen and oxygen atoms in total. The summed E-state index contributed by atoms with van der Waals surface area (Å²) in [5, 5.41) is 0. The van der Waals surface area contributed by atoms with Gasteiger partial charge in [-0.3, -0.25) is 4.98 Å². The zero-order valence-corrected chi connectivity index (χ0v) is 15.1. The van der Waals surface area contributed by atoms with Crippen molar-refractivity contribution in [2.45, 2.75) is 19.8 Å². The summed E-state index contributed by atoms with van der Waals surface area (Å²) in [5.74, 6) is 0.0335. The Hall–Kier alpha value is -2.01. The molecule has 5 heteroatoms. The zero-order valence-electron chi connectivity index (χ0n) is 15.1. The Morgan fingerprint density at radius 1 is 1.23 bits per heavy atom. The van der Waals surface area contributed by atoms with Crippen molar-refractivity contribution in [2.24, 2.45) is 11.8 Å². The van der Waals surface area contributed by atoms with Gasteiger partial charge in [0.25, 0.3) is 0 Å². The van der Waals surface area contributed by atoms with Gasteiger partial charge in [0.1, 0.15) is 0 Å². The second kappa shape index (κ2) is 7.31. The van der Waals surface area contributed by atoms with Crippen LogP contribution in [-0.4, -0.2) is 53.9 Å². The third-order valence-corrected chi connectivity index (χ3v) is 5.49. The lowest BCUT2D eigenvalue weighted by Gasteiger charge is -2.40. The molecule has 0 amide bonds. The number of nitrogens with zero attached hydrogens (tertiary/aromatic N) is 3. The molecular weight excluding hydrogens is 332 g/mol. The average molecular weight is 357 g/mol. The van der Waals surface area contributed by atoms with Crippen molar-refractivity contribution < 1.29 is 8.78 Å². The molecule has 26 heavy (non-hydrogen) atoms. The smallest absolute Gasteiger partial charge is 0.243 e. The van der Waals surface area contributed by atoms with E-state index in [1.54, 1.807) is 0 Å². The highest BCUT2D eigenvalue weighted by Gasteiger charge is 2.34. The summed E-state index contributed by atoms with van der Waals surface area (Å²) in [6.45, 7) is 5.94. The number of likely N-dealkylation sites (tertiary alicyclic amines) is 1. The van der Waals surface area contributed by atoms with Crippen LogP contribution in [0.25, 0.3) is 5.70 Å². The van der Waals surface area contributed by atoms with E-state index in [4.69, 9.17) is 0 Å². The fourth-order valence-corrected chi connectivity index (χ4v) is 3.89. The lowest BCUT2D eigenvalue weighted by Crippen LogP contribution is -2.51. The number of pyridine rings is 1. The van der Waals surface area contributed by atoms with Crippen LogP contribution in [0.15, 0.2) is 48.3 Å². The number of hydrogen-bond donors (Lipinski definition) is 0. The Morgan fingerprint density at radius 2 is 2.08 bits per heavy atom. The predicted molar refractivity (Wildman–Crippen MR) is 99.8 cm³/mol. The fraction of sp³-hybridized carbons (Fsp3) is 0.476. The number of hydrogen-bond acceptors (Lipinski definition) is 3. The molecule has 0 aromatic carbocycles. The van der Waals surface area contributed by atoms with Gasteiger partial charge in [0.05, 0.1) is 0 Å². The standard InChI is InChI=1S/C21H25F2N3/c1-15-8-18(10-24-9-15)20-6-7-26(20)12-17-4-2-16(3-5-17)11-25-13-19(14-25)21(22)23/h2,4-6,8-10,16,19,21H,3,7,11-14H2,1H3. The Labute approximate surface area is 153 Å². The highest BCUT2D eigenvalue weighted by Crippen LogP contribution is 2.29. The van der Waals surface area contributed by atoms with Crippen LogP contribution >= 0.6 is 0 Å². The zero-order chi connectivity index (χ0) is 18.1. The van der Waals surface area contributed by atoms with Crippen LogP contribution in [0.3, 0.4) is 0 Å². The molecule has 0 spiro atoms. The highest BCUT2D eigenvalue weighted by atomic mass is 19.3. The minimum absolute atomic E-state index is 0.415. The predicted octanol–water partition coefficient (Wildman–Crippen LogP) is 3.75. The van der Waals surface area contributed by atoms with Gasteiger partial charge in [0.2, 0.25) is 6.43 Å². The van der Waals surface area contributed by atoms with Gasteiger partial charge < -0.3 is 9.80 Å². The van der Waals surface area contributed by atoms with Crippen molar-refractivity contribution in [3.05, 3.63) is 59.5 Å². The van der Waals surface area contributed by atoms with E-state index in [0.717, 1.165) is 26.1 Å². The Balaban J connectivity index is 1.26. The maximum absolute atomic E-state index is 12.6. The Bertz CT molecular complexity index is 747. The third kappa shape index (κ3) is 3.73. The van der Waals surface area contributed by atoms with Gasteiger partial charge in [-0.1, -0.05) is 18.2 Å². The number of aromatic nitrogens is 1. The number of halogens is 2. The van der Waals surface area contributed by atoms with Crippen LogP contribution < -0.4 is 0 Å². The Morgan fingerprint density at radius 3 is 2.69 bits per heavy atom. The lowest BCUT2D eigenvalue weighted by atomic mass is 9.92. The first-order valence-corrected chi connectivity index (χ1v) is 9.33. The summed E-state index contributed by atoms with van der Waals surface area (Å²) in [6.07, 6.45) is 11.6. The van der Waals surface area contributed by atoms with E-state index in [0.29, 0.717) is 19.0 Å². The van der Waals surface area contributed by atoms with Gasteiger partial charge in [-0.25, -0.2) is 8.78 Å². The normalized spacial score (nSPS) is 23.5. The molecule has 1 aliphatic carbocycles. The third-order valence-electron chi connectivity index (χ3n) is 5.49. The lowest BCUT2D eigenvalue weighted by molar-refractivity contribution is -0.0278. The molecule has 3 aliphatic rings. The second-order valence-electron chi connectivity index (χ2n) is 7.67. The summed E-state index contributed by atoms with van der Waals surface area (Å²) in [7, 11) is 0. The van der Waals surface area contributed by atoms with Crippen LogP contribution in [0.5, 0.6) is 0 Å². The minimum atomic E-state index is -2.16. The molecule has 3 heterocycles. The van der Waals surface area contributed by atoms with Gasteiger partial charge in [0.15, 0.2) is 0 Å². The molecule has 1 aromatic heterocycles. The maximum Gasteiger partial charge on any atom is 0.243 e. The summed E-state index contributed by atoms with van der Waals surface area (Å²) < 4.78 is 25.1. The number of aryl methyl sites for hydroxylation is 1. The molecule has 0 saturated carbocycles. The topological polar surface area (TPSA) is 19.4 Å². The molecule has 0 bridgehead atoms. The number of allylic oxidation sites excluding steroid dienone is 1. The largest absolute Gasteiger partial charge is 0.363 e. The van der Waals surface area contributed by atoms with E-state index in [-0.39, 0.29) is 0 Å². The van der Waals surface area contributed by atoms with Crippen LogP contribution in [0, 0.1) is 18.8 Å². The van der Waals surface area contributed by atoms with Crippen molar-refractivity contribution in [2.75, 3.05) is 32.7 Å². The van der Waals surface area contributed by atoms with Crippen LogP contribution in [-0.2, 0) is 0 Å². The summed E-state index contributed by atoms with van der Waals surface area (Å²) in [4.78, 5) is 8.80. The second-order valence-corrected chi connectivity index (χ2v) is 7.67. The monoisotopic (exact) mass is 357 g/mol. The molecule has 0 radical (unpaired) electrons. The van der Waals surface area contributed by atoms with E-state index >= 15 is 0 Å². The van der Waals surface area contributed by atoms with Crippen molar-refractivity contribution in [3.8, 4) is 0 Å². The summed E-state index contributed by atoms with van der Waals surface area (Å²) in [5.41, 5.74) is 4.95. The summed E-state index contributed by atoms with van der Waals surface area (Å²) in [6, 6.07) is 2.17. The van der Waals surface area contributed by atoms with Crippen LogP contribution in [0.1, 0.15) is 17.5 Å². The molecule has 138 valence electrons. The minimum Gasteiger partial charge on any atom is -0.363 e. The molecule has 1 unspecified atom stereocenters. The molecule has 1 aromatic rings. The average Bonchev–Trinajstić information content (AvgIpc) is 2.55. The highest BCUT2D eigenvalue weighted by molar-refractivity contribution is 5.69. The van der Waals surface area contributed by atoms with Crippen LogP contribution in [0.2, 0.25) is 0 Å². The molecule has 2 aliphatic heterocycles. The molecule has 4 rings (SSSR count). The number of alkyl halides is 2. The van der Waals surface area contributed by atoms with E-state index in [9.17, 15) is 8.78 Å². The first-order chi connectivity index (χ1) is 12.6. The van der Waals surface area contributed by atoms with Gasteiger partial charge >= 0.3 is 0 Å². The van der Waals surface area contributed by atoms with Gasteiger partial charge in [-0.2, -0.15) is 0 Å². The van der Waals surface area contributed by atoms with Gasteiger partial charge in [0, 0.05) is 62.3 Å². The molecule has 0 N–H and O–H groups in total. The van der Waals surface area contributed by atoms with E-state index in [1.807, 2.05) is 12.4 Å². The first kappa shape index (κ1) is 17.4. The molecular formula is C21H25F2N3. The maximum atomic E-state index is 12.6.